The quantitative estimate of drug-likeness (QED) is 0.815. The third-order valence-corrected chi connectivity index (χ3v) is 5.55. The fourth-order valence-electron chi connectivity index (χ4n) is 3.09. The second-order valence-corrected chi connectivity index (χ2v) is 7.96. The molecule has 2 unspecified atom stereocenters. The number of aryl methyl sites for hydroxylation is 1. The van der Waals surface area contributed by atoms with Gasteiger partial charge in [0.25, 0.3) is 5.91 Å². The molecule has 1 aromatic heterocycles. The van der Waals surface area contributed by atoms with Gasteiger partial charge in [-0.2, -0.15) is 0 Å². The zero-order chi connectivity index (χ0) is 18.7. The van der Waals surface area contributed by atoms with Crippen molar-refractivity contribution in [3.8, 4) is 0 Å². The van der Waals surface area contributed by atoms with Gasteiger partial charge in [0.15, 0.2) is 0 Å². The van der Waals surface area contributed by atoms with Gasteiger partial charge in [0.1, 0.15) is 6.10 Å². The second kappa shape index (κ2) is 8.20. The van der Waals surface area contributed by atoms with E-state index in [1.807, 2.05) is 38.1 Å². The molecule has 1 fully saturated rings. The molecule has 1 saturated heterocycles. The molecule has 140 valence electrons. The number of aliphatic hydroxyl groups is 1. The first-order valence-electron chi connectivity index (χ1n) is 8.93. The first-order chi connectivity index (χ1) is 12.4. The lowest BCUT2D eigenvalue weighted by atomic mass is 10.2. The molecule has 1 aliphatic heterocycles. The number of ether oxygens (including phenoxy) is 1. The van der Waals surface area contributed by atoms with Gasteiger partial charge >= 0.3 is 0 Å². The number of rotatable bonds is 6. The van der Waals surface area contributed by atoms with Crippen molar-refractivity contribution in [2.75, 3.05) is 18.4 Å². The standard InChI is InChI=1S/C20H26N2O3S/c1-13(2)25-18-12-22(11-17(18)23)20(24)15-4-6-16(7-5-15)21-10-19-14(3)8-9-26-19/h4-9,13,17-18,21,23H,10-12H2,1-3H3. The lowest BCUT2D eigenvalue weighted by Crippen LogP contribution is -2.31. The Hall–Kier alpha value is -1.89. The number of nitrogens with zero attached hydrogens (tertiary/aromatic N) is 1. The van der Waals surface area contributed by atoms with Crippen LogP contribution in [-0.2, 0) is 11.3 Å². The summed E-state index contributed by atoms with van der Waals surface area (Å²) in [5, 5.41) is 15.6. The fourth-order valence-corrected chi connectivity index (χ4v) is 3.93. The first kappa shape index (κ1) is 18.9. The van der Waals surface area contributed by atoms with Crippen molar-refractivity contribution >= 4 is 22.9 Å². The van der Waals surface area contributed by atoms with Gasteiger partial charge in [0.05, 0.1) is 12.2 Å². The molecule has 2 N–H and O–H groups in total. The number of benzene rings is 1. The molecule has 2 atom stereocenters. The number of hydrogen-bond donors (Lipinski definition) is 2. The number of aliphatic hydroxyl groups excluding tert-OH is 1. The van der Waals surface area contributed by atoms with Crippen LogP contribution < -0.4 is 5.32 Å². The maximum absolute atomic E-state index is 12.7. The summed E-state index contributed by atoms with van der Waals surface area (Å²) in [4.78, 5) is 15.6. The van der Waals surface area contributed by atoms with Crippen molar-refractivity contribution in [1.29, 1.82) is 0 Å². The van der Waals surface area contributed by atoms with Crippen LogP contribution in [0.1, 0.15) is 34.6 Å². The molecule has 2 aromatic rings. The molecule has 0 bridgehead atoms. The summed E-state index contributed by atoms with van der Waals surface area (Å²) in [7, 11) is 0. The molecule has 0 radical (unpaired) electrons. The molecular weight excluding hydrogens is 348 g/mol. The summed E-state index contributed by atoms with van der Waals surface area (Å²) in [6.07, 6.45) is -0.910. The Morgan fingerprint density at radius 2 is 2.04 bits per heavy atom. The Morgan fingerprint density at radius 3 is 2.65 bits per heavy atom. The van der Waals surface area contributed by atoms with E-state index in [1.54, 1.807) is 16.2 Å². The average molecular weight is 375 g/mol. The molecule has 2 heterocycles. The predicted molar refractivity (Wildman–Crippen MR) is 105 cm³/mol. The highest BCUT2D eigenvalue weighted by atomic mass is 32.1. The lowest BCUT2D eigenvalue weighted by Gasteiger charge is -2.18. The van der Waals surface area contributed by atoms with Gasteiger partial charge < -0.3 is 20.1 Å². The van der Waals surface area contributed by atoms with E-state index in [-0.39, 0.29) is 18.1 Å². The first-order valence-corrected chi connectivity index (χ1v) is 9.81. The number of likely N-dealkylation sites (tertiary alicyclic amines) is 1. The predicted octanol–water partition coefficient (Wildman–Crippen LogP) is 3.28. The molecule has 1 aromatic carbocycles. The van der Waals surface area contributed by atoms with E-state index >= 15 is 0 Å². The number of carbonyl (C=O) groups is 1. The number of anilines is 1. The molecule has 5 nitrogen and oxygen atoms in total. The molecule has 26 heavy (non-hydrogen) atoms. The highest BCUT2D eigenvalue weighted by Gasteiger charge is 2.35. The van der Waals surface area contributed by atoms with Crippen molar-refractivity contribution in [2.45, 2.75) is 45.6 Å². The van der Waals surface area contributed by atoms with E-state index in [0.29, 0.717) is 18.7 Å². The molecule has 0 spiro atoms. The molecule has 3 rings (SSSR count). The van der Waals surface area contributed by atoms with Crippen LogP contribution >= 0.6 is 11.3 Å². The van der Waals surface area contributed by atoms with E-state index in [4.69, 9.17) is 4.74 Å². The average Bonchev–Trinajstić information content (AvgIpc) is 3.18. The summed E-state index contributed by atoms with van der Waals surface area (Å²) in [5.74, 6) is -0.0699. The summed E-state index contributed by atoms with van der Waals surface area (Å²) in [6.45, 7) is 7.49. The van der Waals surface area contributed by atoms with Crippen molar-refractivity contribution < 1.29 is 14.6 Å². The van der Waals surface area contributed by atoms with E-state index < -0.39 is 6.10 Å². The van der Waals surface area contributed by atoms with Crippen LogP contribution in [0.4, 0.5) is 5.69 Å². The van der Waals surface area contributed by atoms with E-state index in [2.05, 4.69) is 23.7 Å². The number of β-amino-alcohol motifs (C(OH)–C–C–N with tert-alkyl or cyclic N) is 1. The molecule has 1 aliphatic rings. The second-order valence-electron chi connectivity index (χ2n) is 6.96. The maximum atomic E-state index is 12.7. The van der Waals surface area contributed by atoms with Gasteiger partial charge in [-0.25, -0.2) is 0 Å². The van der Waals surface area contributed by atoms with E-state index in [9.17, 15) is 9.90 Å². The largest absolute Gasteiger partial charge is 0.388 e. The normalized spacial score (nSPS) is 20.0. The third-order valence-electron chi connectivity index (χ3n) is 4.52. The minimum atomic E-state index is -0.628. The van der Waals surface area contributed by atoms with Crippen LogP contribution in [0.3, 0.4) is 0 Å². The zero-order valence-electron chi connectivity index (χ0n) is 15.4. The number of amides is 1. The Labute approximate surface area is 158 Å². The van der Waals surface area contributed by atoms with Crippen molar-refractivity contribution in [3.05, 3.63) is 51.7 Å². The van der Waals surface area contributed by atoms with Crippen LogP contribution in [0.5, 0.6) is 0 Å². The third kappa shape index (κ3) is 4.44. The van der Waals surface area contributed by atoms with Gasteiger partial charge in [-0.1, -0.05) is 0 Å². The van der Waals surface area contributed by atoms with Crippen molar-refractivity contribution in [3.63, 3.8) is 0 Å². The minimum Gasteiger partial charge on any atom is -0.388 e. The highest BCUT2D eigenvalue weighted by molar-refractivity contribution is 7.10. The number of carbonyl (C=O) groups excluding carboxylic acids is 1. The molecular formula is C20H26N2O3S. The smallest absolute Gasteiger partial charge is 0.254 e. The summed E-state index contributed by atoms with van der Waals surface area (Å²) in [5.41, 5.74) is 2.90. The SMILES string of the molecule is Cc1ccsc1CNc1ccc(C(=O)N2CC(O)C(OC(C)C)C2)cc1. The Kier molecular flexibility index (Phi) is 5.96. The lowest BCUT2D eigenvalue weighted by molar-refractivity contribution is -0.0394. The van der Waals surface area contributed by atoms with Crippen molar-refractivity contribution in [1.82, 2.24) is 4.90 Å². The molecule has 0 aliphatic carbocycles. The van der Waals surface area contributed by atoms with Gasteiger partial charge in [-0.3, -0.25) is 4.79 Å². The van der Waals surface area contributed by atoms with Gasteiger partial charge in [-0.05, 0) is 62.0 Å². The number of nitrogens with one attached hydrogen (secondary N) is 1. The zero-order valence-corrected chi connectivity index (χ0v) is 16.3. The molecule has 1 amide bonds. The maximum Gasteiger partial charge on any atom is 0.254 e. The summed E-state index contributed by atoms with van der Waals surface area (Å²) < 4.78 is 5.68. The van der Waals surface area contributed by atoms with Gasteiger partial charge in [0, 0.05) is 35.8 Å². The Bertz CT molecular complexity index is 742. The highest BCUT2D eigenvalue weighted by Crippen LogP contribution is 2.21. The Balaban J connectivity index is 1.58. The van der Waals surface area contributed by atoms with Crippen LogP contribution in [0, 0.1) is 6.92 Å². The van der Waals surface area contributed by atoms with Crippen LogP contribution in [0.15, 0.2) is 35.7 Å². The van der Waals surface area contributed by atoms with Crippen molar-refractivity contribution in [2.24, 2.45) is 0 Å². The fraction of sp³-hybridized carbons (Fsp3) is 0.450. The van der Waals surface area contributed by atoms with Gasteiger partial charge in [0.2, 0.25) is 0 Å². The van der Waals surface area contributed by atoms with E-state index in [0.717, 1.165) is 12.2 Å². The van der Waals surface area contributed by atoms with E-state index in [1.165, 1.54) is 10.4 Å². The number of hydrogen-bond acceptors (Lipinski definition) is 5. The Morgan fingerprint density at radius 1 is 1.31 bits per heavy atom. The summed E-state index contributed by atoms with van der Waals surface area (Å²) >= 11 is 1.74. The van der Waals surface area contributed by atoms with Crippen LogP contribution in [-0.4, -0.2) is 47.3 Å². The summed E-state index contributed by atoms with van der Waals surface area (Å²) in [6, 6.07) is 9.61. The van der Waals surface area contributed by atoms with Crippen LogP contribution in [0.25, 0.3) is 0 Å². The number of thiophene rings is 1. The molecule has 0 saturated carbocycles. The van der Waals surface area contributed by atoms with Crippen LogP contribution in [0.2, 0.25) is 0 Å². The molecule has 6 heteroatoms. The minimum absolute atomic E-state index is 0.0297. The topological polar surface area (TPSA) is 61.8 Å². The monoisotopic (exact) mass is 374 g/mol. The van der Waals surface area contributed by atoms with Gasteiger partial charge in [-0.15, -0.1) is 11.3 Å².